The fourth-order valence-corrected chi connectivity index (χ4v) is 10.4. The van der Waals surface area contributed by atoms with Gasteiger partial charge < -0.3 is 84.3 Å². The number of hydrazine groups is 2. The zero-order valence-electron chi connectivity index (χ0n) is 74.8. The van der Waals surface area contributed by atoms with Crippen LogP contribution in [0.25, 0.3) is 4.85 Å². The van der Waals surface area contributed by atoms with Crippen LogP contribution < -0.4 is 51.3 Å². The topological polar surface area (TPSA) is 584 Å². The Balaban J connectivity index is -0.000000252. The Bertz CT molecular complexity index is 3710. The first-order valence-corrected chi connectivity index (χ1v) is 42.9. The van der Waals surface area contributed by atoms with Gasteiger partial charge in [0.1, 0.15) is 30.2 Å². The molecular weight excluding hydrogens is 1860 g/mol. The average Bonchev–Trinajstić information content (AvgIpc) is 1.69. The number of aliphatic hydroxyl groups excluding tert-OH is 6. The van der Waals surface area contributed by atoms with Gasteiger partial charge in [0, 0.05) is 198 Å². The van der Waals surface area contributed by atoms with Crippen LogP contribution in [-0.4, -0.2) is 243 Å². The van der Waals surface area contributed by atoms with Crippen molar-refractivity contribution in [2.45, 2.75) is 264 Å². The van der Waals surface area contributed by atoms with Gasteiger partial charge in [0.25, 0.3) is 0 Å². The molecule has 8 heterocycles. The summed E-state index contributed by atoms with van der Waals surface area (Å²) in [7, 11) is 3.84. The van der Waals surface area contributed by atoms with Crippen molar-refractivity contribution in [1.29, 1.82) is 0 Å². The van der Waals surface area contributed by atoms with Gasteiger partial charge in [-0.05, 0) is 26.2 Å². The van der Waals surface area contributed by atoms with Crippen molar-refractivity contribution in [2.75, 3.05) is 104 Å². The van der Waals surface area contributed by atoms with Crippen LogP contribution in [0.2, 0.25) is 0 Å². The second-order valence-corrected chi connectivity index (χ2v) is 28.9. The second kappa shape index (κ2) is 84.6. The summed E-state index contributed by atoms with van der Waals surface area (Å²) >= 11 is 5.34. The van der Waals surface area contributed by atoms with Gasteiger partial charge >= 0.3 is 59.4 Å². The summed E-state index contributed by atoms with van der Waals surface area (Å²) in [4.78, 5) is 86.9. The Hall–Kier alpha value is -8.98. The molecule has 4 fully saturated rings. The van der Waals surface area contributed by atoms with E-state index < -0.39 is 41.1 Å². The van der Waals surface area contributed by atoms with Gasteiger partial charge in [0.15, 0.2) is 34.2 Å². The number of alkyl halides is 2. The third-order valence-electron chi connectivity index (χ3n) is 17.2. The molecule has 708 valence electrons. The molecule has 13 N–H and O–H groups in total. The Kier molecular flexibility index (Phi) is 87.2. The van der Waals surface area contributed by atoms with Crippen molar-refractivity contribution in [1.82, 2.24) is 21.7 Å². The van der Waals surface area contributed by atoms with Crippen LogP contribution in [0.3, 0.4) is 0 Å². The van der Waals surface area contributed by atoms with E-state index >= 15 is 0 Å². The number of carboxylic acid groups (broad SMARTS) is 2. The van der Waals surface area contributed by atoms with Gasteiger partial charge in [-0.2, -0.15) is 40.9 Å². The van der Waals surface area contributed by atoms with E-state index in [2.05, 4.69) is 185 Å². The van der Waals surface area contributed by atoms with Crippen molar-refractivity contribution < 1.29 is 147 Å². The Morgan fingerprint density at radius 3 is 1.02 bits per heavy atom. The summed E-state index contributed by atoms with van der Waals surface area (Å²) in [5, 5.41) is 98.0. The number of esters is 3. The first kappa shape index (κ1) is 133. The minimum absolute atomic E-state index is 0. The molecule has 0 aromatic rings. The van der Waals surface area contributed by atoms with E-state index in [1.165, 1.54) is 28.3 Å². The van der Waals surface area contributed by atoms with E-state index in [0.717, 1.165) is 68.6 Å². The van der Waals surface area contributed by atoms with E-state index in [1.807, 2.05) is 0 Å². The van der Waals surface area contributed by atoms with E-state index in [4.69, 9.17) is 137 Å². The molecule has 8 aliphatic rings. The number of hydrogen-bond donors (Lipinski definition) is 12. The summed E-state index contributed by atoms with van der Waals surface area (Å²) < 4.78 is 35.8. The summed E-state index contributed by atoms with van der Waals surface area (Å²) in [6.45, 7) is 10.7. The van der Waals surface area contributed by atoms with Crippen LogP contribution in [0, 0.1) is 142 Å². The Morgan fingerprint density at radius 1 is 0.395 bits per heavy atom. The monoisotopic (exact) mass is 1990 g/mol. The first-order valence-electron chi connectivity index (χ1n) is 40.2. The predicted molar refractivity (Wildman–Crippen MR) is 488 cm³/mol. The Morgan fingerprint density at radius 2 is 0.713 bits per heavy atom. The summed E-state index contributed by atoms with van der Waals surface area (Å²) in [6.07, 6.45) is 73.4. The van der Waals surface area contributed by atoms with Crippen LogP contribution in [0.4, 0.5) is 0 Å². The average molecular weight is 1990 g/mol. The van der Waals surface area contributed by atoms with Gasteiger partial charge in [-0.1, -0.05) is 44.4 Å². The molecule has 4 saturated heterocycles. The number of terminal acetylenes is 11. The predicted octanol–water partition coefficient (Wildman–Crippen LogP) is 5.35. The molecule has 0 saturated carbocycles. The van der Waals surface area contributed by atoms with Crippen LogP contribution in [0.15, 0.2) is 40.9 Å². The van der Waals surface area contributed by atoms with Crippen molar-refractivity contribution in [3.63, 3.8) is 0 Å². The molecule has 8 rings (SSSR count). The van der Waals surface area contributed by atoms with Gasteiger partial charge in [0.05, 0.1) is 90.5 Å². The number of aliphatic hydroxyl groups is 6. The standard InChI is InChI=1S/C10H14O4.C9H14O3.C8H9N3.C8H12N2O2.C8H10N2O2.C8H10O3.C7H9IN2.C7H12N2O.C7H10N2O.C7H10O2.C5H8O3.C3H3Br.C2H6O2.Na.H2O/c1-3-4-5-10(8-9(11)12-2)13-6-7-14-10;1-2-3-4-9(5-6-10)11-7-8-12-9;1-3-4-5-8(10-11-8)6-7-9-2;2*1-2-3-5-8(9-10-8)6-4-7(11)12;1-3-4-5-7(9)6-8(10)11-2;1-2-3-4-7(5-6-8)9-10-7;2*1-2-3-4-7(5-6-10)8-9-7;1-2-3-4-7(9)5-6-8;1-4(6)3-5(7)8-2;1-2-3-4;3-1-2-4;;/h1H,4-8H2,2H3;1,10H,3-8H2;1H,4-7H2;1,9-10H,3-6H2,(H,11,12);1H,3-6H2,(H,11,12);1H,4-6H2,2H3;1H,3-6H2;1,8-10H,3-6H2;1,10H,3-6H2;1,8H,3-6H2;3H2,1-2H3;1H,3H2;3-4H,1-2H2;;1H2/q;;;;;;;;;;;;;+1;/p-1. The van der Waals surface area contributed by atoms with Crippen molar-refractivity contribution in [3.05, 3.63) is 11.4 Å². The number of hydrogen-bond acceptors (Lipinski definition) is 34. The number of carbonyl (C=O) groups excluding carboxylic acids is 6. The molecular formula is C89H128BrIN13NaO24. The fourth-order valence-electron chi connectivity index (χ4n) is 9.55. The minimum Gasteiger partial charge on any atom is -0.870 e. The zero-order chi connectivity index (χ0) is 97.1. The molecule has 0 bridgehead atoms. The van der Waals surface area contributed by atoms with Gasteiger partial charge in [0.2, 0.25) is 6.54 Å². The van der Waals surface area contributed by atoms with Crippen LogP contribution in [0.1, 0.15) is 219 Å². The zero-order valence-corrected chi connectivity index (χ0v) is 80.6. The molecule has 37 nitrogen and oxygen atoms in total. The number of Topliss-reactive ketones (excluding diaryl/α,β-unsaturated/α-hetero) is 3. The molecule has 0 unspecified atom stereocenters. The van der Waals surface area contributed by atoms with E-state index in [1.54, 1.807) is 0 Å². The first-order chi connectivity index (χ1) is 60.7. The van der Waals surface area contributed by atoms with Crippen molar-refractivity contribution in [2.24, 2.45) is 40.9 Å². The molecule has 0 aromatic heterocycles. The Labute approximate surface area is 805 Å². The molecule has 40 heteroatoms. The normalized spacial score (nSPS) is 15.3. The number of nitrogens with one attached hydrogen (secondary N) is 4. The maximum Gasteiger partial charge on any atom is 1.00 e. The molecule has 8 aliphatic heterocycles. The number of methoxy groups -OCH3 is 3. The van der Waals surface area contributed by atoms with E-state index in [-0.39, 0.29) is 171 Å². The minimum atomic E-state index is -0.848. The van der Waals surface area contributed by atoms with E-state index in [0.29, 0.717) is 141 Å². The molecule has 129 heavy (non-hydrogen) atoms. The molecule has 0 amide bonds. The number of ether oxygens (including phenoxy) is 7. The van der Waals surface area contributed by atoms with Crippen molar-refractivity contribution >= 4 is 85.7 Å². The van der Waals surface area contributed by atoms with Crippen LogP contribution >= 0.6 is 38.5 Å². The third-order valence-corrected chi connectivity index (χ3v) is 18.0. The molecule has 0 spiro atoms. The summed E-state index contributed by atoms with van der Waals surface area (Å²) in [5.74, 6) is 22.6. The smallest absolute Gasteiger partial charge is 0.870 e. The number of aliphatic carboxylic acids is 2. The molecule has 0 aliphatic carbocycles. The van der Waals surface area contributed by atoms with Crippen LogP contribution in [-0.2, 0) is 71.5 Å². The molecule has 0 radical (unpaired) electrons. The van der Waals surface area contributed by atoms with Gasteiger partial charge in [-0.15, -0.1) is 130 Å². The quantitative estimate of drug-likeness (QED) is 0.00421. The van der Waals surface area contributed by atoms with Gasteiger partial charge in [-0.3, -0.25) is 38.4 Å². The summed E-state index contributed by atoms with van der Waals surface area (Å²) in [6, 6.07) is 0. The maximum atomic E-state index is 11.1. The van der Waals surface area contributed by atoms with Crippen LogP contribution in [0.5, 0.6) is 0 Å². The maximum absolute atomic E-state index is 11.1. The van der Waals surface area contributed by atoms with Gasteiger partial charge in [-0.25, -0.2) is 28.3 Å². The summed E-state index contributed by atoms with van der Waals surface area (Å²) in [5.41, 5.74) is 10.6. The largest absolute Gasteiger partial charge is 1.00 e. The number of nitrogens with zero attached hydrogens (tertiary/aromatic N) is 9. The number of rotatable bonds is 45. The number of ketones is 3. The number of carboxylic acids is 2. The SMILES string of the molecule is C#CCBr.C#CCCC(=O)CC(=O)OC.C#CCCC(=O)CCO.C#CCCC1(CC(=O)OC)OCCO1.C#CCCC1(CCC(=O)O)N=N1.C#CCCC1(CCC(=O)O)NN1.C#CCCC1(CCI)N=N1.C#CCCC1(CCO)N=N1.C#CCCC1(CCO)NN1.C#CCCC1(CCO)OCCO1.COC(=O)CC(C)=O.OCCO.[C-]#[N+]CCC1(CCC#C)N=N1.[Na+].[OH-]. The molecule has 0 atom stereocenters. The fraction of sp³-hybridized carbons (Fsp3) is 0.652. The number of carbonyl (C=O) groups is 8. The van der Waals surface area contributed by atoms with E-state index in [9.17, 15) is 38.4 Å². The third kappa shape index (κ3) is 78.6. The second-order valence-electron chi connectivity index (χ2n) is 27.2. The molecule has 0 aromatic carbocycles. The number of halogens is 2. The van der Waals surface area contributed by atoms with Crippen molar-refractivity contribution in [3.8, 4) is 136 Å².